The van der Waals surface area contributed by atoms with Crippen molar-refractivity contribution in [3.63, 3.8) is 0 Å². The molecular formula is C17H16N5O4S+. The number of nitro benzene ring substituents is 2. The highest BCUT2D eigenvalue weighted by Gasteiger charge is 2.25. The lowest BCUT2D eigenvalue weighted by Gasteiger charge is -2.00. The monoisotopic (exact) mass is 386 g/mol. The molecule has 2 aromatic carbocycles. The van der Waals surface area contributed by atoms with Crippen LogP contribution in [0.2, 0.25) is 0 Å². The maximum atomic E-state index is 10.9. The van der Waals surface area contributed by atoms with Crippen LogP contribution in [0, 0.1) is 20.2 Å². The summed E-state index contributed by atoms with van der Waals surface area (Å²) in [5, 5.41) is 22.4. The molecule has 0 aliphatic heterocycles. The molecule has 0 spiro atoms. The fraction of sp³-hybridized carbons (Fsp3) is 0.176. The second kappa shape index (κ2) is 7.46. The zero-order valence-corrected chi connectivity index (χ0v) is 15.4. The van der Waals surface area contributed by atoms with E-state index in [2.05, 4.69) is 4.98 Å². The molecule has 0 aliphatic carbocycles. The van der Waals surface area contributed by atoms with Gasteiger partial charge < -0.3 is 4.90 Å². The van der Waals surface area contributed by atoms with Crippen molar-refractivity contribution in [2.45, 2.75) is 6.54 Å². The lowest BCUT2D eigenvalue weighted by Crippen LogP contribution is -2.32. The average molecular weight is 386 g/mol. The van der Waals surface area contributed by atoms with Gasteiger partial charge in [0.05, 0.1) is 15.4 Å². The number of nitro groups is 2. The van der Waals surface area contributed by atoms with Gasteiger partial charge in [-0.05, 0) is 34.8 Å². The van der Waals surface area contributed by atoms with E-state index in [0.29, 0.717) is 12.4 Å². The largest absolute Gasteiger partial charge is 0.345 e. The highest BCUT2D eigenvalue weighted by molar-refractivity contribution is 7.06. The van der Waals surface area contributed by atoms with E-state index in [9.17, 15) is 20.2 Å². The molecular weight excluding hydrogens is 370 g/mol. The summed E-state index contributed by atoms with van der Waals surface area (Å²) in [4.78, 5) is 27.3. The van der Waals surface area contributed by atoms with Gasteiger partial charge in [-0.15, -0.1) is 0 Å². The summed E-state index contributed by atoms with van der Waals surface area (Å²) < 4.78 is 1.96. The molecule has 0 bridgehead atoms. The molecule has 1 heterocycles. The normalized spacial score (nSPS) is 10.6. The number of rotatable bonds is 6. The Bertz CT molecular complexity index is 984. The Labute approximate surface area is 158 Å². The van der Waals surface area contributed by atoms with Gasteiger partial charge in [0.25, 0.3) is 11.4 Å². The van der Waals surface area contributed by atoms with Crippen molar-refractivity contribution < 1.29 is 13.8 Å². The molecule has 3 aromatic rings. The van der Waals surface area contributed by atoms with E-state index < -0.39 is 9.85 Å². The van der Waals surface area contributed by atoms with Gasteiger partial charge >= 0.3 is 11.0 Å². The maximum absolute atomic E-state index is 10.9. The van der Waals surface area contributed by atoms with Gasteiger partial charge in [-0.1, -0.05) is 0 Å². The number of benzene rings is 2. The second-order valence-electron chi connectivity index (χ2n) is 5.97. The Morgan fingerprint density at radius 3 is 1.96 bits per heavy atom. The first-order valence-corrected chi connectivity index (χ1v) is 8.69. The minimum Gasteiger partial charge on any atom is -0.331 e. The van der Waals surface area contributed by atoms with Gasteiger partial charge in [0.2, 0.25) is 0 Å². The second-order valence-corrected chi connectivity index (χ2v) is 6.96. The van der Waals surface area contributed by atoms with Gasteiger partial charge in [-0.25, -0.2) is 0 Å². The van der Waals surface area contributed by atoms with Crippen molar-refractivity contribution in [2.75, 3.05) is 19.0 Å². The lowest BCUT2D eigenvalue weighted by atomic mass is 10.2. The molecule has 0 aliphatic rings. The highest BCUT2D eigenvalue weighted by Crippen LogP contribution is 2.24. The van der Waals surface area contributed by atoms with Crippen LogP contribution < -0.4 is 8.86 Å². The Balaban J connectivity index is 1.96. The fourth-order valence-electron chi connectivity index (χ4n) is 2.43. The Morgan fingerprint density at radius 1 is 0.963 bits per heavy atom. The number of nitrogens with zero attached hydrogens (tertiary/aromatic N) is 5. The highest BCUT2D eigenvalue weighted by atomic mass is 32.1. The van der Waals surface area contributed by atoms with Crippen LogP contribution in [0.4, 0.5) is 16.5 Å². The summed E-state index contributed by atoms with van der Waals surface area (Å²) in [5.74, 6) is 0.678. The summed E-state index contributed by atoms with van der Waals surface area (Å²) in [6, 6.07) is 12.6. The number of aromatic nitrogens is 2. The van der Waals surface area contributed by atoms with Gasteiger partial charge in [-0.3, -0.25) is 20.2 Å². The molecule has 0 saturated heterocycles. The summed E-state index contributed by atoms with van der Waals surface area (Å²) in [6.07, 6.45) is 0. The van der Waals surface area contributed by atoms with E-state index >= 15 is 0 Å². The Morgan fingerprint density at radius 2 is 1.48 bits per heavy atom. The van der Waals surface area contributed by atoms with Crippen LogP contribution in [0.1, 0.15) is 5.56 Å². The molecule has 0 unspecified atom stereocenters. The third-order valence-electron chi connectivity index (χ3n) is 3.82. The average Bonchev–Trinajstić information content (AvgIpc) is 3.06. The summed E-state index contributed by atoms with van der Waals surface area (Å²) in [6.45, 7) is 0.482. The zero-order chi connectivity index (χ0) is 19.6. The van der Waals surface area contributed by atoms with Crippen molar-refractivity contribution in [2.24, 2.45) is 0 Å². The predicted molar refractivity (Wildman–Crippen MR) is 101 cm³/mol. The standard InChI is InChI=1S/C17H16N5O4S/c1-19(2)17-18-16(13-5-9-15(10-6-13)22(25)26)20(27-17)11-12-3-7-14(8-4-12)21(23)24/h3-10H,11H2,1-2H3/q+1. The maximum Gasteiger partial charge on any atom is 0.345 e. The molecule has 0 fully saturated rings. The lowest BCUT2D eigenvalue weighted by molar-refractivity contribution is -0.610. The predicted octanol–water partition coefficient (Wildman–Crippen LogP) is 3.03. The van der Waals surface area contributed by atoms with Crippen LogP contribution in [0.15, 0.2) is 48.5 Å². The third-order valence-corrected chi connectivity index (χ3v) is 4.96. The van der Waals surface area contributed by atoms with E-state index in [1.165, 1.54) is 35.8 Å². The van der Waals surface area contributed by atoms with E-state index in [1.54, 1.807) is 24.3 Å². The van der Waals surface area contributed by atoms with Gasteiger partial charge in [0, 0.05) is 38.4 Å². The van der Waals surface area contributed by atoms with Crippen LogP contribution in [0.3, 0.4) is 0 Å². The fourth-order valence-corrected chi connectivity index (χ4v) is 3.36. The number of hydrogen-bond donors (Lipinski definition) is 0. The SMILES string of the molecule is CN(C)c1nc(-c2ccc([N+](=O)[O-])cc2)[n+](Cc2ccc([N+](=O)[O-])cc2)s1. The molecule has 3 rings (SSSR count). The topological polar surface area (TPSA) is 106 Å². The minimum absolute atomic E-state index is 0.0173. The van der Waals surface area contributed by atoms with Gasteiger partial charge in [0.15, 0.2) is 0 Å². The van der Waals surface area contributed by atoms with E-state index in [1.807, 2.05) is 23.0 Å². The molecule has 0 atom stereocenters. The summed E-state index contributed by atoms with van der Waals surface area (Å²) in [7, 11) is 3.77. The first kappa shape index (κ1) is 18.4. The zero-order valence-electron chi connectivity index (χ0n) is 14.6. The molecule has 1 aromatic heterocycles. The molecule has 0 N–H and O–H groups in total. The summed E-state index contributed by atoms with van der Waals surface area (Å²) >= 11 is 1.44. The first-order valence-electron chi connectivity index (χ1n) is 7.92. The molecule has 0 amide bonds. The molecule has 9 nitrogen and oxygen atoms in total. The van der Waals surface area contributed by atoms with Crippen molar-refractivity contribution in [3.05, 3.63) is 74.3 Å². The van der Waals surface area contributed by atoms with E-state index in [-0.39, 0.29) is 11.4 Å². The molecule has 10 heteroatoms. The number of hydrogen-bond acceptors (Lipinski definition) is 7. The van der Waals surface area contributed by atoms with Crippen LogP contribution >= 0.6 is 11.5 Å². The van der Waals surface area contributed by atoms with Gasteiger partial charge in [0.1, 0.15) is 18.1 Å². The van der Waals surface area contributed by atoms with E-state index in [0.717, 1.165) is 16.3 Å². The number of anilines is 1. The molecule has 138 valence electrons. The van der Waals surface area contributed by atoms with Crippen LogP contribution in [0.5, 0.6) is 0 Å². The van der Waals surface area contributed by atoms with Crippen LogP contribution in [-0.4, -0.2) is 28.9 Å². The number of non-ortho nitro benzene ring substituents is 2. The molecule has 27 heavy (non-hydrogen) atoms. The Kier molecular flexibility index (Phi) is 5.08. The first-order chi connectivity index (χ1) is 12.8. The minimum atomic E-state index is -0.443. The van der Waals surface area contributed by atoms with E-state index in [4.69, 9.17) is 0 Å². The van der Waals surface area contributed by atoms with Crippen LogP contribution in [0.25, 0.3) is 11.4 Å². The molecule has 0 radical (unpaired) electrons. The van der Waals surface area contributed by atoms with Crippen molar-refractivity contribution in [1.82, 2.24) is 4.98 Å². The Hall–Kier alpha value is -3.40. The quantitative estimate of drug-likeness (QED) is 0.366. The van der Waals surface area contributed by atoms with Crippen LogP contribution in [-0.2, 0) is 6.54 Å². The smallest absolute Gasteiger partial charge is 0.331 e. The molecule has 0 saturated carbocycles. The third kappa shape index (κ3) is 4.06. The van der Waals surface area contributed by atoms with Crippen molar-refractivity contribution in [1.29, 1.82) is 0 Å². The van der Waals surface area contributed by atoms with Crippen molar-refractivity contribution in [3.8, 4) is 11.4 Å². The summed E-state index contributed by atoms with van der Waals surface area (Å²) in [5.41, 5.74) is 1.70. The van der Waals surface area contributed by atoms with Crippen molar-refractivity contribution >= 4 is 28.0 Å². The van der Waals surface area contributed by atoms with Gasteiger partial charge in [-0.2, -0.15) is 3.96 Å².